The Balaban J connectivity index is 1.89. The van der Waals surface area contributed by atoms with Crippen molar-refractivity contribution in [2.75, 3.05) is 59.0 Å². The zero-order valence-corrected chi connectivity index (χ0v) is 15.8. The molecule has 0 aromatic rings. The number of aliphatic imine (C=N–C) groups is 1. The molecule has 2 heterocycles. The molecule has 0 bridgehead atoms. The third kappa shape index (κ3) is 5.60. The highest BCUT2D eigenvalue weighted by molar-refractivity contribution is 5.80. The van der Waals surface area contributed by atoms with Crippen molar-refractivity contribution in [2.45, 2.75) is 45.6 Å². The van der Waals surface area contributed by atoms with Crippen LogP contribution in [0.2, 0.25) is 0 Å². The van der Waals surface area contributed by atoms with Gasteiger partial charge >= 0.3 is 0 Å². The second-order valence-corrected chi connectivity index (χ2v) is 7.12. The third-order valence-electron chi connectivity index (χ3n) is 5.38. The van der Waals surface area contributed by atoms with Crippen LogP contribution in [0, 0.1) is 5.92 Å². The van der Waals surface area contributed by atoms with Gasteiger partial charge in [-0.15, -0.1) is 0 Å². The van der Waals surface area contributed by atoms with Crippen LogP contribution in [-0.2, 0) is 4.74 Å². The third-order valence-corrected chi connectivity index (χ3v) is 5.38. The maximum Gasteiger partial charge on any atom is 0.194 e. The molecule has 0 radical (unpaired) electrons. The first kappa shape index (κ1) is 19.5. The Morgan fingerprint density at radius 1 is 1.21 bits per heavy atom. The summed E-state index contributed by atoms with van der Waals surface area (Å²) >= 11 is 0. The molecule has 2 fully saturated rings. The van der Waals surface area contributed by atoms with Crippen molar-refractivity contribution < 1.29 is 9.84 Å². The van der Waals surface area contributed by atoms with E-state index in [4.69, 9.17) is 9.73 Å². The number of nitrogens with one attached hydrogen (secondary N) is 1. The quantitative estimate of drug-likeness (QED) is 0.538. The first-order valence-electron chi connectivity index (χ1n) is 9.66. The largest absolute Gasteiger partial charge is 0.388 e. The van der Waals surface area contributed by atoms with Crippen LogP contribution in [0.25, 0.3) is 0 Å². The first-order valence-corrected chi connectivity index (χ1v) is 9.66. The molecule has 0 aliphatic carbocycles. The van der Waals surface area contributed by atoms with Gasteiger partial charge in [0, 0.05) is 39.3 Å². The van der Waals surface area contributed by atoms with E-state index in [0.29, 0.717) is 12.5 Å². The molecule has 0 aromatic carbocycles. The molecule has 140 valence electrons. The molecule has 1 atom stereocenters. The average Bonchev–Trinajstić information content (AvgIpc) is 3.07. The first-order chi connectivity index (χ1) is 11.6. The fourth-order valence-corrected chi connectivity index (χ4v) is 3.44. The van der Waals surface area contributed by atoms with Gasteiger partial charge in [-0.05, 0) is 32.1 Å². The molecular formula is C18H36N4O2. The van der Waals surface area contributed by atoms with Crippen LogP contribution in [0.3, 0.4) is 0 Å². The summed E-state index contributed by atoms with van der Waals surface area (Å²) in [6.45, 7) is 14.6. The number of morpholine rings is 1. The fraction of sp³-hybridized carbons (Fsp3) is 0.944. The Morgan fingerprint density at radius 3 is 2.54 bits per heavy atom. The van der Waals surface area contributed by atoms with Crippen molar-refractivity contribution in [3.8, 4) is 0 Å². The number of likely N-dealkylation sites (tertiary alicyclic amines) is 1. The van der Waals surface area contributed by atoms with Crippen LogP contribution in [0.15, 0.2) is 4.99 Å². The van der Waals surface area contributed by atoms with Crippen molar-refractivity contribution >= 4 is 5.96 Å². The smallest absolute Gasteiger partial charge is 0.194 e. The number of rotatable bonds is 7. The maximum absolute atomic E-state index is 10.5. The zero-order valence-electron chi connectivity index (χ0n) is 15.8. The highest BCUT2D eigenvalue weighted by atomic mass is 16.5. The molecule has 1 unspecified atom stereocenters. The van der Waals surface area contributed by atoms with Crippen molar-refractivity contribution in [1.82, 2.24) is 15.1 Å². The molecule has 0 spiro atoms. The maximum atomic E-state index is 10.5. The number of ether oxygens (including phenoxy) is 1. The van der Waals surface area contributed by atoms with Crippen LogP contribution < -0.4 is 5.32 Å². The summed E-state index contributed by atoms with van der Waals surface area (Å²) in [5, 5.41) is 13.9. The SMILES string of the molecule is CCNC(=NCC(O)(CC)CC)N1CCC(CN2CCOCC2)C1. The molecule has 0 amide bonds. The van der Waals surface area contributed by atoms with E-state index in [0.717, 1.165) is 71.3 Å². The fourth-order valence-electron chi connectivity index (χ4n) is 3.44. The van der Waals surface area contributed by atoms with Crippen molar-refractivity contribution in [2.24, 2.45) is 10.9 Å². The summed E-state index contributed by atoms with van der Waals surface area (Å²) in [7, 11) is 0. The molecule has 2 N–H and O–H groups in total. The van der Waals surface area contributed by atoms with E-state index in [1.54, 1.807) is 0 Å². The van der Waals surface area contributed by atoms with Gasteiger partial charge in [-0.25, -0.2) is 0 Å². The van der Waals surface area contributed by atoms with Crippen LogP contribution >= 0.6 is 0 Å². The lowest BCUT2D eigenvalue weighted by Gasteiger charge is -2.29. The minimum Gasteiger partial charge on any atom is -0.388 e. The van der Waals surface area contributed by atoms with E-state index >= 15 is 0 Å². The summed E-state index contributed by atoms with van der Waals surface area (Å²) in [4.78, 5) is 9.62. The Morgan fingerprint density at radius 2 is 1.92 bits per heavy atom. The second kappa shape index (κ2) is 9.59. The topological polar surface area (TPSA) is 60.3 Å². The highest BCUT2D eigenvalue weighted by Crippen LogP contribution is 2.19. The number of aliphatic hydroxyl groups is 1. The lowest BCUT2D eigenvalue weighted by Crippen LogP contribution is -2.43. The van der Waals surface area contributed by atoms with Crippen molar-refractivity contribution in [3.05, 3.63) is 0 Å². The number of guanidine groups is 1. The van der Waals surface area contributed by atoms with Gasteiger partial charge in [-0.1, -0.05) is 13.8 Å². The summed E-state index contributed by atoms with van der Waals surface area (Å²) in [5.41, 5.74) is -0.673. The molecule has 6 heteroatoms. The summed E-state index contributed by atoms with van der Waals surface area (Å²) in [6.07, 6.45) is 2.70. The molecule has 2 aliphatic heterocycles. The van der Waals surface area contributed by atoms with E-state index in [-0.39, 0.29) is 0 Å². The van der Waals surface area contributed by atoms with Gasteiger partial charge in [0.05, 0.1) is 25.4 Å². The average molecular weight is 341 g/mol. The Kier molecular flexibility index (Phi) is 7.78. The minimum absolute atomic E-state index is 0.479. The van der Waals surface area contributed by atoms with Crippen molar-refractivity contribution in [1.29, 1.82) is 0 Å². The summed E-state index contributed by atoms with van der Waals surface area (Å²) in [5.74, 6) is 1.66. The van der Waals surface area contributed by atoms with Gasteiger partial charge in [0.2, 0.25) is 0 Å². The predicted octanol–water partition coefficient (Wildman–Crippen LogP) is 1.16. The molecular weight excluding hydrogens is 304 g/mol. The number of hydrogen-bond donors (Lipinski definition) is 2. The molecule has 2 saturated heterocycles. The molecule has 6 nitrogen and oxygen atoms in total. The van der Waals surface area contributed by atoms with Crippen LogP contribution in [0.4, 0.5) is 0 Å². The Labute approximate surface area is 147 Å². The van der Waals surface area contributed by atoms with E-state index in [9.17, 15) is 5.11 Å². The zero-order chi connectivity index (χ0) is 17.4. The molecule has 0 aromatic heterocycles. The summed E-state index contributed by atoms with van der Waals surface area (Å²) < 4.78 is 5.44. The number of hydrogen-bond acceptors (Lipinski definition) is 4. The van der Waals surface area contributed by atoms with Gasteiger partial charge in [0.1, 0.15) is 0 Å². The van der Waals surface area contributed by atoms with Crippen LogP contribution in [0.1, 0.15) is 40.0 Å². The lowest BCUT2D eigenvalue weighted by molar-refractivity contribution is 0.0315. The highest BCUT2D eigenvalue weighted by Gasteiger charge is 2.28. The van der Waals surface area contributed by atoms with Crippen molar-refractivity contribution in [3.63, 3.8) is 0 Å². The Bertz CT molecular complexity index is 392. The van der Waals surface area contributed by atoms with E-state index in [1.807, 2.05) is 13.8 Å². The minimum atomic E-state index is -0.673. The van der Waals surface area contributed by atoms with Gasteiger partial charge < -0.3 is 20.1 Å². The van der Waals surface area contributed by atoms with Gasteiger partial charge in [0.25, 0.3) is 0 Å². The molecule has 0 saturated carbocycles. The monoisotopic (exact) mass is 340 g/mol. The van der Waals surface area contributed by atoms with Crippen LogP contribution in [0.5, 0.6) is 0 Å². The Hall–Kier alpha value is -0.850. The van der Waals surface area contributed by atoms with Crippen LogP contribution in [-0.4, -0.2) is 85.5 Å². The van der Waals surface area contributed by atoms with Gasteiger partial charge in [0.15, 0.2) is 5.96 Å². The lowest BCUT2D eigenvalue weighted by atomic mass is 9.98. The second-order valence-electron chi connectivity index (χ2n) is 7.12. The van der Waals surface area contributed by atoms with E-state index in [2.05, 4.69) is 22.0 Å². The van der Waals surface area contributed by atoms with Gasteiger partial charge in [-0.2, -0.15) is 0 Å². The van der Waals surface area contributed by atoms with Gasteiger partial charge in [-0.3, -0.25) is 9.89 Å². The number of nitrogens with zero attached hydrogens (tertiary/aromatic N) is 3. The molecule has 2 aliphatic rings. The normalized spacial score (nSPS) is 23.8. The molecule has 24 heavy (non-hydrogen) atoms. The predicted molar refractivity (Wildman–Crippen MR) is 98.4 cm³/mol. The standard InChI is InChI=1S/C18H36N4O2/c1-4-18(23,5-2)15-20-17(19-6-3)22-8-7-16(14-22)13-21-9-11-24-12-10-21/h16,23H,4-15H2,1-3H3,(H,19,20). The summed E-state index contributed by atoms with van der Waals surface area (Å²) in [6, 6.07) is 0. The molecule has 2 rings (SSSR count). The van der Waals surface area contributed by atoms with E-state index in [1.165, 1.54) is 6.42 Å². The van der Waals surface area contributed by atoms with E-state index < -0.39 is 5.60 Å².